The van der Waals surface area contributed by atoms with Crippen LogP contribution in [0.3, 0.4) is 0 Å². The van der Waals surface area contributed by atoms with Crippen molar-refractivity contribution in [1.82, 2.24) is 4.98 Å². The summed E-state index contributed by atoms with van der Waals surface area (Å²) in [7, 11) is 0. The van der Waals surface area contributed by atoms with Gasteiger partial charge in [-0.3, -0.25) is 0 Å². The Balaban J connectivity index is 2.08. The average molecular weight is 233 g/mol. The predicted octanol–water partition coefficient (Wildman–Crippen LogP) is 3.21. The number of nitrogens with one attached hydrogen (secondary N) is 1. The molecule has 3 atom stereocenters. The Kier molecular flexibility index (Phi) is 3.55. The molecule has 3 N–H and O–H groups in total. The molecular formula is C14H23N3. The molecule has 0 bridgehead atoms. The molecule has 1 aromatic heterocycles. The second-order valence-electron chi connectivity index (χ2n) is 5.54. The number of rotatable bonds is 2. The van der Waals surface area contributed by atoms with Gasteiger partial charge < -0.3 is 11.1 Å². The van der Waals surface area contributed by atoms with Gasteiger partial charge in [-0.25, -0.2) is 4.98 Å². The monoisotopic (exact) mass is 233 g/mol. The highest BCUT2D eigenvalue weighted by Gasteiger charge is 2.25. The summed E-state index contributed by atoms with van der Waals surface area (Å²) in [6.07, 6.45) is 5.64. The third-order valence-electron chi connectivity index (χ3n) is 3.96. The first kappa shape index (κ1) is 12.2. The molecule has 1 fully saturated rings. The Hall–Kier alpha value is -1.25. The summed E-state index contributed by atoms with van der Waals surface area (Å²) in [5, 5.41) is 3.52. The van der Waals surface area contributed by atoms with E-state index in [2.05, 4.69) is 24.1 Å². The van der Waals surface area contributed by atoms with Crippen LogP contribution in [0.4, 0.5) is 11.5 Å². The van der Waals surface area contributed by atoms with E-state index < -0.39 is 0 Å². The normalized spacial score (nSPS) is 29.0. The zero-order chi connectivity index (χ0) is 12.4. The van der Waals surface area contributed by atoms with Gasteiger partial charge >= 0.3 is 0 Å². The summed E-state index contributed by atoms with van der Waals surface area (Å²) < 4.78 is 0. The molecular weight excluding hydrogens is 210 g/mol. The SMILES string of the molecule is Cc1ccnc(NC2CCC(C)CC2C)c1N. The molecule has 94 valence electrons. The Morgan fingerprint density at radius 3 is 2.82 bits per heavy atom. The molecule has 0 radical (unpaired) electrons. The summed E-state index contributed by atoms with van der Waals surface area (Å²) >= 11 is 0. The Morgan fingerprint density at radius 2 is 2.12 bits per heavy atom. The minimum absolute atomic E-state index is 0.516. The number of nitrogen functional groups attached to an aromatic ring is 1. The van der Waals surface area contributed by atoms with Crippen molar-refractivity contribution in [2.24, 2.45) is 11.8 Å². The molecule has 3 heteroatoms. The first-order valence-electron chi connectivity index (χ1n) is 6.55. The molecule has 1 saturated carbocycles. The quantitative estimate of drug-likeness (QED) is 0.824. The molecule has 1 heterocycles. The van der Waals surface area contributed by atoms with Crippen molar-refractivity contribution in [2.45, 2.75) is 46.1 Å². The molecule has 0 amide bonds. The van der Waals surface area contributed by atoms with Gasteiger partial charge in [-0.05, 0) is 49.7 Å². The van der Waals surface area contributed by atoms with Gasteiger partial charge in [0.2, 0.25) is 0 Å². The van der Waals surface area contributed by atoms with Crippen molar-refractivity contribution in [3.63, 3.8) is 0 Å². The van der Waals surface area contributed by atoms with E-state index in [9.17, 15) is 0 Å². The molecule has 3 unspecified atom stereocenters. The maximum absolute atomic E-state index is 6.05. The summed E-state index contributed by atoms with van der Waals surface area (Å²) in [6.45, 7) is 6.68. The van der Waals surface area contributed by atoms with Gasteiger partial charge in [0, 0.05) is 12.2 Å². The number of hydrogen-bond acceptors (Lipinski definition) is 3. The molecule has 1 aliphatic carbocycles. The van der Waals surface area contributed by atoms with Crippen LogP contribution < -0.4 is 11.1 Å². The van der Waals surface area contributed by atoms with E-state index in [1.807, 2.05) is 19.2 Å². The van der Waals surface area contributed by atoms with Crippen LogP contribution in [0.2, 0.25) is 0 Å². The van der Waals surface area contributed by atoms with Crippen LogP contribution >= 0.6 is 0 Å². The topological polar surface area (TPSA) is 50.9 Å². The molecule has 3 nitrogen and oxygen atoms in total. The van der Waals surface area contributed by atoms with Gasteiger partial charge in [0.25, 0.3) is 0 Å². The smallest absolute Gasteiger partial charge is 0.149 e. The highest BCUT2D eigenvalue weighted by atomic mass is 15.0. The van der Waals surface area contributed by atoms with E-state index in [0.717, 1.165) is 23.0 Å². The average Bonchev–Trinajstić information content (AvgIpc) is 2.28. The Labute approximate surface area is 104 Å². The molecule has 1 aromatic rings. The third-order valence-corrected chi connectivity index (χ3v) is 3.96. The highest BCUT2D eigenvalue weighted by Crippen LogP contribution is 2.31. The van der Waals surface area contributed by atoms with Gasteiger partial charge in [0.05, 0.1) is 5.69 Å². The van der Waals surface area contributed by atoms with Crippen LogP contribution in [0.15, 0.2) is 12.3 Å². The van der Waals surface area contributed by atoms with Gasteiger partial charge in [0.1, 0.15) is 5.82 Å². The predicted molar refractivity (Wildman–Crippen MR) is 73.0 cm³/mol. The maximum Gasteiger partial charge on any atom is 0.149 e. The summed E-state index contributed by atoms with van der Waals surface area (Å²) in [4.78, 5) is 4.35. The number of aryl methyl sites for hydroxylation is 1. The second-order valence-corrected chi connectivity index (χ2v) is 5.54. The van der Waals surface area contributed by atoms with Crippen molar-refractivity contribution in [3.8, 4) is 0 Å². The van der Waals surface area contributed by atoms with Gasteiger partial charge in [-0.2, -0.15) is 0 Å². The standard InChI is InChI=1S/C14H23N3/c1-9-4-5-12(11(3)8-9)17-14-13(15)10(2)6-7-16-14/h6-7,9,11-12H,4-5,8,15H2,1-3H3,(H,16,17). The summed E-state index contributed by atoms with van der Waals surface area (Å²) in [5.41, 5.74) is 7.93. The fraction of sp³-hybridized carbons (Fsp3) is 0.643. The molecule has 0 saturated heterocycles. The van der Waals surface area contributed by atoms with Crippen LogP contribution in [0.1, 0.15) is 38.7 Å². The number of nitrogens with two attached hydrogens (primary N) is 1. The lowest BCUT2D eigenvalue weighted by atomic mass is 9.80. The number of aromatic nitrogens is 1. The van der Waals surface area contributed by atoms with Crippen LogP contribution in [0.5, 0.6) is 0 Å². The van der Waals surface area contributed by atoms with Gasteiger partial charge in [-0.1, -0.05) is 13.8 Å². The molecule has 1 aliphatic rings. The van der Waals surface area contributed by atoms with E-state index in [1.54, 1.807) is 0 Å². The summed E-state index contributed by atoms with van der Waals surface area (Å²) in [5.74, 6) is 2.41. The molecule has 0 spiro atoms. The fourth-order valence-electron chi connectivity index (χ4n) is 2.74. The lowest BCUT2D eigenvalue weighted by Crippen LogP contribution is -2.33. The van der Waals surface area contributed by atoms with Gasteiger partial charge in [0.15, 0.2) is 0 Å². The van der Waals surface area contributed by atoms with E-state index in [4.69, 9.17) is 5.73 Å². The van der Waals surface area contributed by atoms with Crippen LogP contribution in [-0.2, 0) is 0 Å². The van der Waals surface area contributed by atoms with Crippen molar-refractivity contribution < 1.29 is 0 Å². The minimum atomic E-state index is 0.516. The van der Waals surface area contributed by atoms with E-state index in [0.29, 0.717) is 12.0 Å². The third kappa shape index (κ3) is 2.71. The molecule has 0 aromatic carbocycles. The number of hydrogen-bond donors (Lipinski definition) is 2. The molecule has 0 aliphatic heterocycles. The summed E-state index contributed by atoms with van der Waals surface area (Å²) in [6, 6.07) is 2.47. The lowest BCUT2D eigenvalue weighted by molar-refractivity contribution is 0.276. The lowest BCUT2D eigenvalue weighted by Gasteiger charge is -2.33. The highest BCUT2D eigenvalue weighted by molar-refractivity contribution is 5.65. The van der Waals surface area contributed by atoms with E-state index in [1.165, 1.54) is 19.3 Å². The van der Waals surface area contributed by atoms with Crippen LogP contribution in [-0.4, -0.2) is 11.0 Å². The number of nitrogens with zero attached hydrogens (tertiary/aromatic N) is 1. The van der Waals surface area contributed by atoms with Crippen molar-refractivity contribution in [3.05, 3.63) is 17.8 Å². The first-order valence-corrected chi connectivity index (χ1v) is 6.55. The molecule has 17 heavy (non-hydrogen) atoms. The fourth-order valence-corrected chi connectivity index (χ4v) is 2.74. The van der Waals surface area contributed by atoms with E-state index >= 15 is 0 Å². The van der Waals surface area contributed by atoms with E-state index in [-0.39, 0.29) is 0 Å². The molecule has 2 rings (SSSR count). The Bertz CT molecular complexity index is 389. The first-order chi connectivity index (χ1) is 8.08. The zero-order valence-corrected chi connectivity index (χ0v) is 11.0. The Morgan fingerprint density at radius 1 is 1.35 bits per heavy atom. The van der Waals surface area contributed by atoms with Crippen molar-refractivity contribution in [2.75, 3.05) is 11.1 Å². The minimum Gasteiger partial charge on any atom is -0.396 e. The largest absolute Gasteiger partial charge is 0.396 e. The van der Waals surface area contributed by atoms with Crippen LogP contribution in [0, 0.1) is 18.8 Å². The second kappa shape index (κ2) is 4.94. The maximum atomic E-state index is 6.05. The number of pyridine rings is 1. The van der Waals surface area contributed by atoms with Crippen molar-refractivity contribution in [1.29, 1.82) is 0 Å². The van der Waals surface area contributed by atoms with Crippen molar-refractivity contribution >= 4 is 11.5 Å². The zero-order valence-electron chi connectivity index (χ0n) is 11.0. The van der Waals surface area contributed by atoms with Gasteiger partial charge in [-0.15, -0.1) is 0 Å². The van der Waals surface area contributed by atoms with Crippen LogP contribution in [0.25, 0.3) is 0 Å². The number of anilines is 2.